The Kier molecular flexibility index (Phi) is 4.66. The van der Waals surface area contributed by atoms with Gasteiger partial charge < -0.3 is 20.4 Å². The predicted molar refractivity (Wildman–Crippen MR) is 87.0 cm³/mol. The van der Waals surface area contributed by atoms with Crippen LogP contribution in [0.25, 0.3) is 0 Å². The van der Waals surface area contributed by atoms with E-state index in [1.54, 1.807) is 4.90 Å². The van der Waals surface area contributed by atoms with Crippen molar-refractivity contribution in [3.8, 4) is 5.75 Å². The third-order valence-corrected chi connectivity index (χ3v) is 3.95. The fraction of sp³-hybridized carbons (Fsp3) is 0.312. The summed E-state index contributed by atoms with van der Waals surface area (Å²) < 4.78 is 14.2. The van der Waals surface area contributed by atoms with Crippen molar-refractivity contribution in [3.05, 3.63) is 51.7 Å². The number of nitrogens with one attached hydrogen (secondary N) is 1. The number of carbonyl (C=O) groups excluding carboxylic acids is 1. The summed E-state index contributed by atoms with van der Waals surface area (Å²) in [6.07, 6.45) is 0. The molecule has 8 nitrogen and oxygen atoms in total. The quantitative estimate of drug-likeness (QED) is 0.692. The molecule has 3 N–H and O–H groups in total. The van der Waals surface area contributed by atoms with Gasteiger partial charge >= 0.3 is 0 Å². The number of aliphatic hydroxyl groups is 1. The molecule has 1 amide bonds. The fourth-order valence-electron chi connectivity index (χ4n) is 2.66. The van der Waals surface area contributed by atoms with Gasteiger partial charge in [0.25, 0.3) is 11.5 Å². The standard InChI is InChI=1S/C16H17FN4O4/c17-11-3-1-10(2-4-11)9-18-14(24)12-13(23)15(25)21-6-5-20(7-8-22)16(21)19-12/h1-4,22-23H,5-9H2,(H,18,24). The minimum Gasteiger partial charge on any atom is -0.501 e. The van der Waals surface area contributed by atoms with Crippen molar-refractivity contribution < 1.29 is 19.4 Å². The molecule has 0 saturated carbocycles. The minimum absolute atomic E-state index is 0.0962. The average molecular weight is 348 g/mol. The number of fused-ring (bicyclic) bond motifs is 1. The van der Waals surface area contributed by atoms with E-state index in [9.17, 15) is 19.1 Å². The zero-order chi connectivity index (χ0) is 18.0. The van der Waals surface area contributed by atoms with E-state index >= 15 is 0 Å². The Hall–Kier alpha value is -2.94. The SMILES string of the molecule is O=C(NCc1ccc(F)cc1)c1nc2n(c(=O)c1O)CCN2CCO. The van der Waals surface area contributed by atoms with Crippen LogP contribution < -0.4 is 15.8 Å². The third-order valence-electron chi connectivity index (χ3n) is 3.95. The largest absolute Gasteiger partial charge is 0.501 e. The van der Waals surface area contributed by atoms with Crippen LogP contribution in [0.1, 0.15) is 16.1 Å². The van der Waals surface area contributed by atoms with Crippen molar-refractivity contribution in [2.24, 2.45) is 0 Å². The highest BCUT2D eigenvalue weighted by atomic mass is 19.1. The first-order valence-electron chi connectivity index (χ1n) is 7.73. The molecule has 3 rings (SSSR count). The number of rotatable bonds is 5. The van der Waals surface area contributed by atoms with Gasteiger partial charge in [0.15, 0.2) is 5.69 Å². The molecular formula is C16H17FN4O4. The normalized spacial score (nSPS) is 13.0. The van der Waals surface area contributed by atoms with Crippen LogP contribution in [0.3, 0.4) is 0 Å². The highest BCUT2D eigenvalue weighted by Crippen LogP contribution is 2.20. The van der Waals surface area contributed by atoms with E-state index in [2.05, 4.69) is 10.3 Å². The van der Waals surface area contributed by atoms with Gasteiger partial charge in [-0.1, -0.05) is 12.1 Å². The van der Waals surface area contributed by atoms with Gasteiger partial charge in [-0.15, -0.1) is 0 Å². The van der Waals surface area contributed by atoms with Crippen LogP contribution >= 0.6 is 0 Å². The van der Waals surface area contributed by atoms with Crippen LogP contribution in [0.5, 0.6) is 5.75 Å². The Balaban J connectivity index is 1.83. The molecule has 1 aromatic heterocycles. The molecule has 0 spiro atoms. The van der Waals surface area contributed by atoms with Crippen LogP contribution in [0.4, 0.5) is 10.3 Å². The van der Waals surface area contributed by atoms with Crippen molar-refractivity contribution in [3.63, 3.8) is 0 Å². The van der Waals surface area contributed by atoms with Gasteiger partial charge in [0.05, 0.1) is 6.61 Å². The molecule has 1 aliphatic rings. The molecule has 0 fully saturated rings. The molecule has 132 valence electrons. The molecule has 1 aliphatic heterocycles. The molecule has 1 aromatic carbocycles. The lowest BCUT2D eigenvalue weighted by molar-refractivity contribution is 0.0942. The number of β-amino-alcohol motifs (C(OH)–C–C–N with tert-alkyl or cyclic N) is 1. The van der Waals surface area contributed by atoms with Gasteiger partial charge in [-0.25, -0.2) is 9.37 Å². The number of hydrogen-bond donors (Lipinski definition) is 3. The van der Waals surface area contributed by atoms with E-state index in [4.69, 9.17) is 5.11 Å². The lowest BCUT2D eigenvalue weighted by atomic mass is 10.2. The van der Waals surface area contributed by atoms with Gasteiger partial charge in [0.1, 0.15) is 5.82 Å². The first-order chi connectivity index (χ1) is 12.0. The number of aromatic nitrogens is 2. The predicted octanol–water partition coefficient (Wildman–Crippen LogP) is -0.170. The Morgan fingerprint density at radius 3 is 2.68 bits per heavy atom. The summed E-state index contributed by atoms with van der Waals surface area (Å²) in [5, 5.41) is 21.6. The van der Waals surface area contributed by atoms with E-state index in [1.165, 1.54) is 28.8 Å². The fourth-order valence-corrected chi connectivity index (χ4v) is 2.66. The van der Waals surface area contributed by atoms with Gasteiger partial charge in [0, 0.05) is 26.2 Å². The second-order valence-electron chi connectivity index (χ2n) is 5.59. The number of anilines is 1. The van der Waals surface area contributed by atoms with Crippen molar-refractivity contribution in [1.29, 1.82) is 0 Å². The number of carbonyl (C=O) groups is 1. The van der Waals surface area contributed by atoms with Gasteiger partial charge in [-0.05, 0) is 17.7 Å². The highest BCUT2D eigenvalue weighted by molar-refractivity contribution is 5.95. The lowest BCUT2D eigenvalue weighted by Crippen LogP contribution is -2.30. The van der Waals surface area contributed by atoms with Crippen LogP contribution in [0.15, 0.2) is 29.1 Å². The van der Waals surface area contributed by atoms with E-state index in [0.29, 0.717) is 18.7 Å². The van der Waals surface area contributed by atoms with E-state index in [0.717, 1.165) is 0 Å². The molecule has 0 radical (unpaired) electrons. The maximum Gasteiger partial charge on any atom is 0.298 e. The second kappa shape index (κ2) is 6.89. The molecule has 0 bridgehead atoms. The average Bonchev–Trinajstić information content (AvgIpc) is 3.00. The zero-order valence-corrected chi connectivity index (χ0v) is 13.3. The van der Waals surface area contributed by atoms with E-state index in [-0.39, 0.29) is 37.2 Å². The Morgan fingerprint density at radius 2 is 2.00 bits per heavy atom. The summed E-state index contributed by atoms with van der Waals surface area (Å²) in [5.41, 5.74) is -0.408. The Labute approximate surface area is 142 Å². The van der Waals surface area contributed by atoms with Crippen LogP contribution in [0.2, 0.25) is 0 Å². The highest BCUT2D eigenvalue weighted by Gasteiger charge is 2.27. The summed E-state index contributed by atoms with van der Waals surface area (Å²) in [5.74, 6) is -1.57. The maximum atomic E-state index is 12.9. The number of aliphatic hydroxyl groups excluding tert-OH is 1. The summed E-state index contributed by atoms with van der Waals surface area (Å²) in [6, 6.07) is 5.57. The van der Waals surface area contributed by atoms with Crippen molar-refractivity contribution in [2.75, 3.05) is 24.6 Å². The van der Waals surface area contributed by atoms with Gasteiger partial charge in [-0.2, -0.15) is 0 Å². The lowest BCUT2D eigenvalue weighted by Gasteiger charge is -2.16. The summed E-state index contributed by atoms with van der Waals surface area (Å²) in [7, 11) is 0. The molecule has 0 aliphatic carbocycles. The third kappa shape index (κ3) is 3.31. The van der Waals surface area contributed by atoms with Gasteiger partial charge in [0.2, 0.25) is 11.7 Å². The molecule has 9 heteroatoms. The minimum atomic E-state index is -0.716. The number of hydrogen-bond acceptors (Lipinski definition) is 6. The molecule has 0 atom stereocenters. The first-order valence-corrected chi connectivity index (χ1v) is 7.73. The van der Waals surface area contributed by atoms with E-state index in [1.807, 2.05) is 0 Å². The number of nitrogens with zero attached hydrogens (tertiary/aromatic N) is 3. The molecule has 0 saturated heterocycles. The number of halogens is 1. The molecule has 0 unspecified atom stereocenters. The number of amides is 1. The molecule has 2 aromatic rings. The monoisotopic (exact) mass is 348 g/mol. The van der Waals surface area contributed by atoms with Crippen LogP contribution in [0, 0.1) is 5.82 Å². The van der Waals surface area contributed by atoms with Crippen molar-refractivity contribution >= 4 is 11.9 Å². The van der Waals surface area contributed by atoms with Crippen molar-refractivity contribution in [2.45, 2.75) is 13.1 Å². The Bertz CT molecular complexity index is 850. The maximum absolute atomic E-state index is 12.9. The van der Waals surface area contributed by atoms with Gasteiger partial charge in [-0.3, -0.25) is 14.2 Å². The number of aromatic hydroxyl groups is 1. The summed E-state index contributed by atoms with van der Waals surface area (Å²) in [4.78, 5) is 30.3. The first kappa shape index (κ1) is 16.9. The van der Waals surface area contributed by atoms with Crippen molar-refractivity contribution in [1.82, 2.24) is 14.9 Å². The molecule has 2 heterocycles. The summed E-state index contributed by atoms with van der Waals surface area (Å²) >= 11 is 0. The molecule has 25 heavy (non-hydrogen) atoms. The molecular weight excluding hydrogens is 331 g/mol. The van der Waals surface area contributed by atoms with Crippen LogP contribution in [-0.2, 0) is 13.1 Å². The zero-order valence-electron chi connectivity index (χ0n) is 13.3. The summed E-state index contributed by atoms with van der Waals surface area (Å²) in [6.45, 7) is 1.03. The number of benzene rings is 1. The smallest absolute Gasteiger partial charge is 0.298 e. The Morgan fingerprint density at radius 1 is 1.28 bits per heavy atom. The topological polar surface area (TPSA) is 108 Å². The second-order valence-corrected chi connectivity index (χ2v) is 5.59. The van der Waals surface area contributed by atoms with Crippen LogP contribution in [-0.4, -0.2) is 45.4 Å². The van der Waals surface area contributed by atoms with E-state index < -0.39 is 17.2 Å².